The Morgan fingerprint density at radius 1 is 1.21 bits per heavy atom. The molecule has 2 aromatic carbocycles. The van der Waals surface area contributed by atoms with Crippen molar-refractivity contribution in [1.82, 2.24) is 5.43 Å². The van der Waals surface area contributed by atoms with Crippen LogP contribution in [0.3, 0.4) is 0 Å². The molecule has 2 rings (SSSR count). The van der Waals surface area contributed by atoms with Gasteiger partial charge in [0.25, 0.3) is 5.91 Å². The molecular formula is C18H16Cl2N2O2. The van der Waals surface area contributed by atoms with E-state index < -0.39 is 0 Å². The summed E-state index contributed by atoms with van der Waals surface area (Å²) in [6.45, 7) is 1.73. The molecular weight excluding hydrogens is 347 g/mol. The van der Waals surface area contributed by atoms with Gasteiger partial charge in [0, 0.05) is 16.3 Å². The number of nitrogens with zero attached hydrogens (tertiary/aromatic N) is 1. The second-order valence-electron chi connectivity index (χ2n) is 4.89. The molecule has 124 valence electrons. The van der Waals surface area contributed by atoms with Gasteiger partial charge in [-0.15, -0.1) is 0 Å². The van der Waals surface area contributed by atoms with Gasteiger partial charge < -0.3 is 4.74 Å². The standard InChI is InChI=1S/C18H16Cl2N2O2/c1-13-11-15(8-9-16(13)19)24-12-18(23)22-21-10-4-6-14-5-2-3-7-17(14)20/h2-11H,12H2,1H3,(H,22,23). The van der Waals surface area contributed by atoms with Crippen molar-refractivity contribution in [3.05, 3.63) is 69.7 Å². The van der Waals surface area contributed by atoms with E-state index in [-0.39, 0.29) is 12.5 Å². The molecule has 0 spiro atoms. The van der Waals surface area contributed by atoms with Gasteiger partial charge in [-0.25, -0.2) is 5.43 Å². The number of nitrogens with one attached hydrogen (secondary N) is 1. The molecule has 0 radical (unpaired) electrons. The van der Waals surface area contributed by atoms with Crippen LogP contribution < -0.4 is 10.2 Å². The van der Waals surface area contributed by atoms with E-state index in [0.29, 0.717) is 15.8 Å². The van der Waals surface area contributed by atoms with Gasteiger partial charge in [-0.2, -0.15) is 5.10 Å². The molecule has 1 amide bonds. The van der Waals surface area contributed by atoms with Gasteiger partial charge in [0.15, 0.2) is 6.61 Å². The minimum absolute atomic E-state index is 0.132. The van der Waals surface area contributed by atoms with Gasteiger partial charge >= 0.3 is 0 Å². The highest BCUT2D eigenvalue weighted by Gasteiger charge is 2.02. The van der Waals surface area contributed by atoms with Gasteiger partial charge in [0.2, 0.25) is 0 Å². The maximum Gasteiger partial charge on any atom is 0.277 e. The van der Waals surface area contributed by atoms with Crippen LogP contribution in [0.1, 0.15) is 11.1 Å². The highest BCUT2D eigenvalue weighted by atomic mass is 35.5. The number of allylic oxidation sites excluding steroid dienone is 1. The predicted octanol–water partition coefficient (Wildman–Crippen LogP) is 4.50. The maximum absolute atomic E-state index is 11.6. The molecule has 0 bridgehead atoms. The molecule has 2 aromatic rings. The zero-order valence-corrected chi connectivity index (χ0v) is 14.5. The van der Waals surface area contributed by atoms with Crippen LogP contribution in [0.4, 0.5) is 0 Å². The quantitative estimate of drug-likeness (QED) is 0.607. The Morgan fingerprint density at radius 3 is 2.75 bits per heavy atom. The van der Waals surface area contributed by atoms with Crippen LogP contribution in [0.25, 0.3) is 6.08 Å². The fourth-order valence-electron chi connectivity index (χ4n) is 1.80. The number of halogens is 2. The number of benzene rings is 2. The van der Waals surface area contributed by atoms with Gasteiger partial charge in [-0.1, -0.05) is 47.5 Å². The number of aryl methyl sites for hydroxylation is 1. The Balaban J connectivity index is 1.76. The summed E-state index contributed by atoms with van der Waals surface area (Å²) in [5.41, 5.74) is 4.13. The number of carbonyl (C=O) groups excluding carboxylic acids is 1. The van der Waals surface area contributed by atoms with E-state index in [1.807, 2.05) is 25.1 Å². The average Bonchev–Trinajstić information content (AvgIpc) is 2.57. The topological polar surface area (TPSA) is 50.7 Å². The fourth-order valence-corrected chi connectivity index (χ4v) is 2.11. The second kappa shape index (κ2) is 9.11. The zero-order chi connectivity index (χ0) is 17.4. The Bertz CT molecular complexity index is 773. The average molecular weight is 363 g/mol. The van der Waals surface area contributed by atoms with Crippen LogP contribution in [0.15, 0.2) is 53.6 Å². The molecule has 0 atom stereocenters. The van der Waals surface area contributed by atoms with Crippen molar-refractivity contribution >= 4 is 41.4 Å². The van der Waals surface area contributed by atoms with E-state index >= 15 is 0 Å². The van der Waals surface area contributed by atoms with Crippen LogP contribution >= 0.6 is 23.2 Å². The molecule has 0 aliphatic carbocycles. The second-order valence-corrected chi connectivity index (χ2v) is 5.71. The molecule has 0 fully saturated rings. The van der Waals surface area contributed by atoms with E-state index in [1.54, 1.807) is 36.4 Å². The first-order valence-electron chi connectivity index (χ1n) is 7.18. The largest absolute Gasteiger partial charge is 0.484 e. The van der Waals surface area contributed by atoms with Crippen LogP contribution in [0.2, 0.25) is 10.0 Å². The van der Waals surface area contributed by atoms with Crippen molar-refractivity contribution in [2.24, 2.45) is 5.10 Å². The SMILES string of the molecule is Cc1cc(OCC(=O)NN=CC=Cc2ccccc2Cl)ccc1Cl. The van der Waals surface area contributed by atoms with E-state index in [4.69, 9.17) is 27.9 Å². The molecule has 0 saturated carbocycles. The number of carbonyl (C=O) groups is 1. The molecule has 1 N–H and O–H groups in total. The first kappa shape index (κ1) is 18.0. The van der Waals surface area contributed by atoms with Gasteiger partial charge in [-0.05, 0) is 48.4 Å². The number of hydrogen-bond acceptors (Lipinski definition) is 3. The summed E-state index contributed by atoms with van der Waals surface area (Å²) in [6.07, 6.45) is 4.95. The molecule has 6 heteroatoms. The summed E-state index contributed by atoms with van der Waals surface area (Å²) >= 11 is 11.9. The lowest BCUT2D eigenvalue weighted by Gasteiger charge is -2.06. The smallest absolute Gasteiger partial charge is 0.277 e. The summed E-state index contributed by atoms with van der Waals surface area (Å²) in [4.78, 5) is 11.6. The number of hydrogen-bond donors (Lipinski definition) is 1. The summed E-state index contributed by atoms with van der Waals surface area (Å²) in [5.74, 6) is 0.222. The monoisotopic (exact) mass is 362 g/mol. The first-order valence-corrected chi connectivity index (χ1v) is 7.94. The third kappa shape index (κ3) is 5.72. The Labute approximate surface area is 150 Å². The highest BCUT2D eigenvalue weighted by molar-refractivity contribution is 6.32. The lowest BCUT2D eigenvalue weighted by atomic mass is 10.2. The zero-order valence-electron chi connectivity index (χ0n) is 13.0. The molecule has 0 aromatic heterocycles. The predicted molar refractivity (Wildman–Crippen MR) is 98.8 cm³/mol. The fraction of sp³-hybridized carbons (Fsp3) is 0.111. The van der Waals surface area contributed by atoms with E-state index in [2.05, 4.69) is 10.5 Å². The molecule has 0 saturated heterocycles. The summed E-state index contributed by atoms with van der Waals surface area (Å²) < 4.78 is 5.37. The van der Waals surface area contributed by atoms with E-state index in [0.717, 1.165) is 11.1 Å². The van der Waals surface area contributed by atoms with Gasteiger partial charge in [0.1, 0.15) is 5.75 Å². The molecule has 0 aliphatic heterocycles. The van der Waals surface area contributed by atoms with Crippen molar-refractivity contribution in [3.8, 4) is 5.75 Å². The molecule has 0 unspecified atom stereocenters. The van der Waals surface area contributed by atoms with E-state index in [1.165, 1.54) is 6.21 Å². The minimum Gasteiger partial charge on any atom is -0.484 e. The summed E-state index contributed by atoms with van der Waals surface area (Å²) in [6, 6.07) is 12.6. The van der Waals surface area contributed by atoms with Crippen LogP contribution in [-0.2, 0) is 4.79 Å². The Kier molecular flexibility index (Phi) is 6.85. The van der Waals surface area contributed by atoms with Crippen LogP contribution in [0, 0.1) is 6.92 Å². The summed E-state index contributed by atoms with van der Waals surface area (Å²) in [7, 11) is 0. The lowest BCUT2D eigenvalue weighted by molar-refractivity contribution is -0.123. The summed E-state index contributed by atoms with van der Waals surface area (Å²) in [5, 5.41) is 5.11. The Morgan fingerprint density at radius 2 is 2.00 bits per heavy atom. The minimum atomic E-state index is -0.356. The lowest BCUT2D eigenvalue weighted by Crippen LogP contribution is -2.24. The van der Waals surface area contributed by atoms with Crippen molar-refractivity contribution in [2.45, 2.75) is 6.92 Å². The van der Waals surface area contributed by atoms with E-state index in [9.17, 15) is 4.79 Å². The van der Waals surface area contributed by atoms with Crippen LogP contribution in [0.5, 0.6) is 5.75 Å². The number of amides is 1. The molecule has 0 aliphatic rings. The van der Waals surface area contributed by atoms with Crippen molar-refractivity contribution in [3.63, 3.8) is 0 Å². The first-order chi connectivity index (χ1) is 11.6. The highest BCUT2D eigenvalue weighted by Crippen LogP contribution is 2.20. The van der Waals surface area contributed by atoms with Gasteiger partial charge in [0.05, 0.1) is 0 Å². The van der Waals surface area contributed by atoms with Crippen LogP contribution in [-0.4, -0.2) is 18.7 Å². The van der Waals surface area contributed by atoms with Crippen molar-refractivity contribution in [2.75, 3.05) is 6.61 Å². The molecule has 24 heavy (non-hydrogen) atoms. The maximum atomic E-state index is 11.6. The third-order valence-electron chi connectivity index (χ3n) is 3.03. The normalized spacial score (nSPS) is 11.1. The molecule has 4 nitrogen and oxygen atoms in total. The van der Waals surface area contributed by atoms with Crippen molar-refractivity contribution < 1.29 is 9.53 Å². The number of ether oxygens (including phenoxy) is 1. The number of hydrazone groups is 1. The number of rotatable bonds is 6. The third-order valence-corrected chi connectivity index (χ3v) is 3.80. The Hall–Kier alpha value is -2.30. The van der Waals surface area contributed by atoms with Crippen molar-refractivity contribution in [1.29, 1.82) is 0 Å². The molecule has 0 heterocycles. The van der Waals surface area contributed by atoms with Gasteiger partial charge in [-0.3, -0.25) is 4.79 Å².